The molecule has 1 aliphatic heterocycles. The Morgan fingerprint density at radius 2 is 2.06 bits per heavy atom. The maximum absolute atomic E-state index is 12.7. The van der Waals surface area contributed by atoms with Gasteiger partial charge in [-0.05, 0) is 61.1 Å². The van der Waals surface area contributed by atoms with Gasteiger partial charge in [0.25, 0.3) is 5.91 Å². The molecule has 1 aliphatic rings. The Balaban J connectivity index is 1.74. The van der Waals surface area contributed by atoms with Crippen molar-refractivity contribution in [3.05, 3.63) is 94.5 Å². The number of allylic oxidation sites excluding steroid dienone is 1. The number of rotatable bonds is 8. The molecule has 0 spiro atoms. The molecule has 3 rings (SSSR count). The van der Waals surface area contributed by atoms with Gasteiger partial charge < -0.3 is 5.32 Å². The highest BCUT2D eigenvalue weighted by atomic mass is 32.1. The van der Waals surface area contributed by atoms with Gasteiger partial charge in [-0.2, -0.15) is 0 Å². The van der Waals surface area contributed by atoms with Crippen LogP contribution in [0.5, 0.6) is 0 Å². The summed E-state index contributed by atoms with van der Waals surface area (Å²) < 4.78 is 0. The fourth-order valence-corrected chi connectivity index (χ4v) is 3.33. The molecule has 1 atom stereocenters. The fourth-order valence-electron chi connectivity index (χ4n) is 3.26. The van der Waals surface area contributed by atoms with E-state index in [0.29, 0.717) is 18.5 Å². The van der Waals surface area contributed by atoms with Crippen LogP contribution in [0.3, 0.4) is 0 Å². The van der Waals surface area contributed by atoms with E-state index in [4.69, 9.17) is 0 Å². The smallest absolute Gasteiger partial charge is 0.251 e. The third kappa shape index (κ3) is 7.40. The normalized spacial score (nSPS) is 15.1. The van der Waals surface area contributed by atoms with Crippen molar-refractivity contribution in [3.8, 4) is 11.8 Å². The second-order valence-corrected chi connectivity index (χ2v) is 7.74. The van der Waals surface area contributed by atoms with E-state index in [-0.39, 0.29) is 11.9 Å². The molecule has 0 bridgehead atoms. The van der Waals surface area contributed by atoms with Crippen LogP contribution in [0.4, 0.5) is 0 Å². The second kappa shape index (κ2) is 12.5. The zero-order valence-corrected chi connectivity index (χ0v) is 19.1. The monoisotopic (exact) mass is 441 g/mol. The predicted octanol–water partition coefficient (Wildman–Crippen LogP) is 5.01. The van der Waals surface area contributed by atoms with E-state index >= 15 is 0 Å². The number of benzene rings is 2. The van der Waals surface area contributed by atoms with Crippen molar-refractivity contribution in [2.24, 2.45) is 9.98 Å². The summed E-state index contributed by atoms with van der Waals surface area (Å²) in [6, 6.07) is 15.9. The lowest BCUT2D eigenvalue weighted by Gasteiger charge is -2.10. The largest absolute Gasteiger partial charge is 0.352 e. The third-order valence-electron chi connectivity index (χ3n) is 5.03. The summed E-state index contributed by atoms with van der Waals surface area (Å²) in [4.78, 5) is 21.3. The number of carbonyl (C=O) groups is 1. The number of aliphatic imine (C=N–C) groups is 2. The van der Waals surface area contributed by atoms with Crippen molar-refractivity contribution in [1.82, 2.24) is 5.32 Å². The van der Waals surface area contributed by atoms with Gasteiger partial charge in [-0.25, -0.2) is 0 Å². The van der Waals surface area contributed by atoms with E-state index in [9.17, 15) is 4.79 Å². The molecule has 0 aliphatic carbocycles. The summed E-state index contributed by atoms with van der Waals surface area (Å²) in [5.74, 6) is 6.39. The van der Waals surface area contributed by atoms with Crippen LogP contribution in [0, 0.1) is 11.8 Å². The molecular weight excluding hydrogens is 414 g/mol. The molecule has 4 nitrogen and oxygen atoms in total. The first-order chi connectivity index (χ1) is 15.7. The molecule has 32 heavy (non-hydrogen) atoms. The number of hydrogen-bond acceptors (Lipinski definition) is 4. The van der Waals surface area contributed by atoms with Crippen LogP contribution in [0.1, 0.15) is 46.8 Å². The van der Waals surface area contributed by atoms with Crippen molar-refractivity contribution in [2.45, 2.75) is 32.2 Å². The zero-order valence-electron chi connectivity index (χ0n) is 18.2. The van der Waals surface area contributed by atoms with Gasteiger partial charge in [-0.15, -0.1) is 12.6 Å². The minimum Gasteiger partial charge on any atom is -0.352 e. The average Bonchev–Trinajstić information content (AvgIpc) is 3.34. The Hall–Kier alpha value is -3.36. The highest BCUT2D eigenvalue weighted by molar-refractivity contribution is 7.83. The molecule has 2 aromatic carbocycles. The lowest BCUT2D eigenvalue weighted by Crippen LogP contribution is -2.25. The summed E-state index contributed by atoms with van der Waals surface area (Å²) in [6.45, 7) is 2.45. The number of amides is 1. The van der Waals surface area contributed by atoms with E-state index in [1.165, 1.54) is 0 Å². The number of aryl methyl sites for hydroxylation is 1. The maximum atomic E-state index is 12.7. The molecule has 5 heteroatoms. The molecule has 162 valence electrons. The fraction of sp³-hybridized carbons (Fsp3) is 0.222. The topological polar surface area (TPSA) is 53.8 Å². The Morgan fingerprint density at radius 1 is 1.22 bits per heavy atom. The van der Waals surface area contributed by atoms with Crippen LogP contribution in [0.15, 0.2) is 82.3 Å². The number of carbonyl (C=O) groups excluding carboxylic acids is 1. The van der Waals surface area contributed by atoms with Gasteiger partial charge in [0.05, 0.1) is 6.04 Å². The minimum absolute atomic E-state index is 0.111. The lowest BCUT2D eigenvalue weighted by molar-refractivity contribution is 0.0954. The van der Waals surface area contributed by atoms with E-state index in [1.807, 2.05) is 67.7 Å². The first-order valence-corrected chi connectivity index (χ1v) is 11.2. The SMILES string of the molecule is C/C(CCNC(=O)c1ccc(CCC2C=CC=N2)c(C#Cc2ccccc2)c1)=N\C=C/S. The molecule has 0 saturated carbocycles. The first-order valence-electron chi connectivity index (χ1n) is 10.7. The molecule has 1 unspecified atom stereocenters. The molecule has 0 aromatic heterocycles. The van der Waals surface area contributed by atoms with Crippen LogP contribution in [0.2, 0.25) is 0 Å². The van der Waals surface area contributed by atoms with Crippen molar-refractivity contribution in [3.63, 3.8) is 0 Å². The van der Waals surface area contributed by atoms with Crippen molar-refractivity contribution < 1.29 is 4.79 Å². The summed E-state index contributed by atoms with van der Waals surface area (Å²) >= 11 is 3.99. The molecule has 2 aromatic rings. The average molecular weight is 442 g/mol. The Morgan fingerprint density at radius 3 is 2.81 bits per heavy atom. The molecule has 1 amide bonds. The van der Waals surface area contributed by atoms with E-state index < -0.39 is 0 Å². The van der Waals surface area contributed by atoms with Gasteiger partial charge in [-0.3, -0.25) is 14.8 Å². The van der Waals surface area contributed by atoms with Crippen LogP contribution >= 0.6 is 12.6 Å². The molecule has 0 radical (unpaired) electrons. The number of nitrogens with one attached hydrogen (secondary N) is 1. The first kappa shape index (κ1) is 23.3. The highest BCUT2D eigenvalue weighted by Gasteiger charge is 2.11. The Kier molecular flexibility index (Phi) is 9.09. The standard InChI is InChI=1S/C27H27N3OS/c1-21(28-18-19-32)15-17-30-27(31)25-12-11-23(13-14-26-8-5-16-29-26)24(20-25)10-9-22-6-3-2-4-7-22/h2-8,11-12,16,18-20,26,32H,13-15,17H2,1H3,(H,30,31)/b19-18-,28-21+. The predicted molar refractivity (Wildman–Crippen MR) is 137 cm³/mol. The number of thiol groups is 1. The van der Waals surface area contributed by atoms with Gasteiger partial charge in [0.2, 0.25) is 0 Å². The Bertz CT molecular complexity index is 1090. The summed E-state index contributed by atoms with van der Waals surface area (Å²) in [5.41, 5.74) is 4.49. The summed E-state index contributed by atoms with van der Waals surface area (Å²) in [5, 5.41) is 4.54. The van der Waals surface area contributed by atoms with Crippen LogP contribution < -0.4 is 5.32 Å². The quantitative estimate of drug-likeness (QED) is 0.338. The highest BCUT2D eigenvalue weighted by Crippen LogP contribution is 2.17. The van der Waals surface area contributed by atoms with Gasteiger partial charge in [-0.1, -0.05) is 42.2 Å². The van der Waals surface area contributed by atoms with E-state index in [2.05, 4.69) is 45.8 Å². The van der Waals surface area contributed by atoms with Crippen LogP contribution in [0.25, 0.3) is 0 Å². The Labute approximate surface area is 195 Å². The molecule has 1 heterocycles. The van der Waals surface area contributed by atoms with Gasteiger partial charge in [0.1, 0.15) is 0 Å². The second-order valence-electron chi connectivity index (χ2n) is 7.45. The zero-order chi connectivity index (χ0) is 22.6. The van der Waals surface area contributed by atoms with Crippen LogP contribution in [-0.2, 0) is 6.42 Å². The van der Waals surface area contributed by atoms with Crippen molar-refractivity contribution >= 4 is 30.5 Å². The van der Waals surface area contributed by atoms with E-state index in [0.717, 1.165) is 35.2 Å². The number of hydrogen-bond donors (Lipinski definition) is 2. The van der Waals surface area contributed by atoms with Gasteiger partial charge in [0.15, 0.2) is 0 Å². The third-order valence-corrected chi connectivity index (χ3v) is 5.16. The maximum Gasteiger partial charge on any atom is 0.251 e. The van der Waals surface area contributed by atoms with Gasteiger partial charge >= 0.3 is 0 Å². The lowest BCUT2D eigenvalue weighted by atomic mass is 9.97. The van der Waals surface area contributed by atoms with Crippen molar-refractivity contribution in [1.29, 1.82) is 0 Å². The number of nitrogens with zero attached hydrogens (tertiary/aromatic N) is 2. The van der Waals surface area contributed by atoms with Crippen LogP contribution in [-0.4, -0.2) is 30.4 Å². The molecule has 0 fully saturated rings. The molecule has 0 saturated heterocycles. The summed E-state index contributed by atoms with van der Waals surface area (Å²) in [6.07, 6.45) is 10.00. The van der Waals surface area contributed by atoms with Crippen molar-refractivity contribution in [2.75, 3.05) is 6.54 Å². The summed E-state index contributed by atoms with van der Waals surface area (Å²) in [7, 11) is 0. The van der Waals surface area contributed by atoms with E-state index in [1.54, 1.807) is 11.6 Å². The minimum atomic E-state index is -0.111. The molecule has 1 N–H and O–H groups in total. The van der Waals surface area contributed by atoms with Gasteiger partial charge in [0, 0.05) is 47.8 Å². The molecular formula is C27H27N3OS.